The van der Waals surface area contributed by atoms with Crippen LogP contribution in [0.15, 0.2) is 0 Å². The van der Waals surface area contributed by atoms with Crippen molar-refractivity contribution in [2.24, 2.45) is 11.5 Å². The van der Waals surface area contributed by atoms with Crippen LogP contribution in [-0.4, -0.2) is 9.77 Å². The second-order valence-electron chi connectivity index (χ2n) is 0.402. The standard InChI is InChI=1S/CH4N2S.ClHO.Na.H/c2-1(3)4;1-2;;/h(H4,2,3,4);2H;;/q;;+1;-1. The van der Waals surface area contributed by atoms with E-state index in [1.165, 1.54) is 0 Å². The van der Waals surface area contributed by atoms with Gasteiger partial charge in [0.1, 0.15) is 0 Å². The van der Waals surface area contributed by atoms with Gasteiger partial charge in [-0.2, -0.15) is 0 Å². The number of nitrogens with two attached hydrogens (primary N) is 2. The van der Waals surface area contributed by atoms with Gasteiger partial charge in [-0.05, 0) is 12.2 Å². The Hall–Kier alpha value is 0.940. The minimum Gasteiger partial charge on any atom is -1.00 e. The van der Waals surface area contributed by atoms with E-state index in [0.29, 0.717) is 0 Å². The van der Waals surface area contributed by atoms with Crippen LogP contribution < -0.4 is 41.0 Å². The van der Waals surface area contributed by atoms with Crippen LogP contribution in [-0.2, 0) is 0 Å². The fraction of sp³-hybridized carbons (Fsp3) is 0. The largest absolute Gasteiger partial charge is 1.00 e. The van der Waals surface area contributed by atoms with Crippen LogP contribution in [0.5, 0.6) is 0 Å². The van der Waals surface area contributed by atoms with E-state index in [9.17, 15) is 0 Å². The molecule has 0 aromatic heterocycles. The van der Waals surface area contributed by atoms with Crippen molar-refractivity contribution in [2.75, 3.05) is 0 Å². The van der Waals surface area contributed by atoms with Crippen molar-refractivity contribution in [2.45, 2.75) is 0 Å². The van der Waals surface area contributed by atoms with Crippen molar-refractivity contribution >= 4 is 29.2 Å². The molecule has 0 spiro atoms. The number of thiocarbonyl (C=S) groups is 1. The van der Waals surface area contributed by atoms with Gasteiger partial charge in [-0.1, -0.05) is 0 Å². The summed E-state index contributed by atoms with van der Waals surface area (Å²) >= 11 is 7.73. The molecule has 0 aliphatic carbocycles. The minimum atomic E-state index is 0. The second kappa shape index (κ2) is 15.8. The maximum atomic E-state index is 6.47. The predicted molar refractivity (Wildman–Crippen MR) is 30.2 cm³/mol. The number of rotatable bonds is 0. The van der Waals surface area contributed by atoms with E-state index in [1.54, 1.807) is 0 Å². The van der Waals surface area contributed by atoms with Crippen LogP contribution in [0.1, 0.15) is 1.43 Å². The molecule has 3 nitrogen and oxygen atoms in total. The van der Waals surface area contributed by atoms with Gasteiger partial charge in [0, 0.05) is 0 Å². The Bertz CT molecular complexity index is 45.0. The predicted octanol–water partition coefficient (Wildman–Crippen LogP) is -3.56. The maximum Gasteiger partial charge on any atom is 1.00 e. The summed E-state index contributed by atoms with van der Waals surface area (Å²) in [5.74, 6) is 0. The van der Waals surface area contributed by atoms with Gasteiger partial charge >= 0.3 is 29.6 Å². The molecular formula is CH6ClN2NaOS. The van der Waals surface area contributed by atoms with Crippen LogP contribution in [0.3, 0.4) is 0 Å². The van der Waals surface area contributed by atoms with Crippen molar-refractivity contribution < 1.29 is 35.6 Å². The van der Waals surface area contributed by atoms with Gasteiger partial charge in [0.25, 0.3) is 0 Å². The van der Waals surface area contributed by atoms with E-state index in [2.05, 4.69) is 35.6 Å². The first kappa shape index (κ1) is 15.7. The van der Waals surface area contributed by atoms with Gasteiger partial charge in [0.2, 0.25) is 0 Å². The number of hydrogen-bond donors (Lipinski definition) is 3. The quantitative estimate of drug-likeness (QED) is 0.248. The first-order chi connectivity index (χ1) is 2.73. The molecule has 0 amide bonds. The van der Waals surface area contributed by atoms with Crippen molar-refractivity contribution in [3.8, 4) is 0 Å². The van der Waals surface area contributed by atoms with E-state index in [4.69, 9.17) is 4.66 Å². The van der Waals surface area contributed by atoms with Crippen molar-refractivity contribution in [1.29, 1.82) is 0 Å². The summed E-state index contributed by atoms with van der Waals surface area (Å²) in [7, 11) is 0. The fourth-order valence-electron chi connectivity index (χ4n) is 0. The molecule has 0 aromatic rings. The molecule has 0 unspecified atom stereocenters. The molecule has 0 rings (SSSR count). The van der Waals surface area contributed by atoms with Gasteiger partial charge in [-0.15, -0.1) is 0 Å². The SMILES string of the molecule is NC(N)=S.OCl.[H-].[Na+]. The van der Waals surface area contributed by atoms with Crippen LogP contribution in [0, 0.1) is 0 Å². The third-order valence-electron chi connectivity index (χ3n) is 0. The van der Waals surface area contributed by atoms with E-state index in [0.717, 1.165) is 0 Å². The van der Waals surface area contributed by atoms with Gasteiger partial charge < -0.3 is 12.9 Å². The first-order valence-electron chi connectivity index (χ1n) is 0.951. The number of halogens is 1. The third-order valence-corrected chi connectivity index (χ3v) is 0. The summed E-state index contributed by atoms with van der Waals surface area (Å²) in [4.78, 5) is 0. The molecule has 0 saturated carbocycles. The summed E-state index contributed by atoms with van der Waals surface area (Å²) in [6.45, 7) is 0. The molecule has 0 bridgehead atoms. The van der Waals surface area contributed by atoms with Gasteiger partial charge in [0.15, 0.2) is 5.11 Å². The fourth-order valence-corrected chi connectivity index (χ4v) is 0. The Labute approximate surface area is 76.0 Å². The molecule has 0 atom stereocenters. The van der Waals surface area contributed by atoms with Gasteiger partial charge in [-0.25, -0.2) is 0 Å². The Morgan fingerprint density at radius 3 is 1.57 bits per heavy atom. The van der Waals surface area contributed by atoms with Crippen LogP contribution in [0.25, 0.3) is 0 Å². The second-order valence-corrected chi connectivity index (χ2v) is 0.874. The molecule has 6 heteroatoms. The Morgan fingerprint density at radius 2 is 1.57 bits per heavy atom. The average Bonchev–Trinajstić information content (AvgIpc) is 1.41. The molecule has 0 aliphatic heterocycles. The Balaban J connectivity index is -0.0000000183. The topological polar surface area (TPSA) is 72.3 Å². The minimum absolute atomic E-state index is 0. The zero-order chi connectivity index (χ0) is 5.58. The Morgan fingerprint density at radius 1 is 1.57 bits per heavy atom. The molecule has 0 aromatic carbocycles. The van der Waals surface area contributed by atoms with Crippen LogP contribution in [0.4, 0.5) is 0 Å². The smallest absolute Gasteiger partial charge is 1.00 e. The molecule has 0 aliphatic rings. The van der Waals surface area contributed by atoms with Gasteiger partial charge in [0.05, 0.1) is 11.9 Å². The first-order valence-corrected chi connectivity index (χ1v) is 1.70. The molecule has 7 heavy (non-hydrogen) atoms. The van der Waals surface area contributed by atoms with Crippen molar-refractivity contribution in [3.05, 3.63) is 0 Å². The van der Waals surface area contributed by atoms with Gasteiger partial charge in [-0.3, -0.25) is 4.66 Å². The van der Waals surface area contributed by atoms with Crippen molar-refractivity contribution in [1.82, 2.24) is 0 Å². The summed E-state index contributed by atoms with van der Waals surface area (Å²) in [6.07, 6.45) is 0. The monoisotopic (exact) mass is 152 g/mol. The Kier molecular flexibility index (Phi) is 35.3. The van der Waals surface area contributed by atoms with E-state index >= 15 is 0 Å². The summed E-state index contributed by atoms with van der Waals surface area (Å²) < 4.78 is 6.47. The maximum absolute atomic E-state index is 6.47. The van der Waals surface area contributed by atoms with E-state index in [1.807, 2.05) is 0 Å². The molecule has 0 radical (unpaired) electrons. The zero-order valence-electron chi connectivity index (χ0n) is 4.89. The number of hydrogen-bond acceptors (Lipinski definition) is 2. The summed E-state index contributed by atoms with van der Waals surface area (Å²) in [5, 5.41) is 0.000000000000000222. The van der Waals surface area contributed by atoms with Crippen LogP contribution in [0.2, 0.25) is 0 Å². The molecule has 0 saturated heterocycles. The summed E-state index contributed by atoms with van der Waals surface area (Å²) in [6, 6.07) is 0. The average molecular weight is 153 g/mol. The van der Waals surface area contributed by atoms with E-state index < -0.39 is 0 Å². The normalized spacial score (nSPS) is 4.29. The molecular weight excluding hydrogens is 147 g/mol. The van der Waals surface area contributed by atoms with Crippen molar-refractivity contribution in [3.63, 3.8) is 0 Å². The molecule has 0 heterocycles. The molecule has 0 fully saturated rings. The molecule has 5 N–H and O–H groups in total. The summed E-state index contributed by atoms with van der Waals surface area (Å²) in [5.41, 5.74) is 9.24. The zero-order valence-corrected chi connectivity index (χ0v) is 7.46. The molecule has 40 valence electrons. The van der Waals surface area contributed by atoms with Crippen LogP contribution >= 0.6 is 24.1 Å². The third kappa shape index (κ3) is 192. The van der Waals surface area contributed by atoms with E-state index in [-0.39, 0.29) is 36.1 Å².